The van der Waals surface area contributed by atoms with Crippen LogP contribution in [0.15, 0.2) is 140 Å². The van der Waals surface area contributed by atoms with Gasteiger partial charge in [-0.15, -0.1) is 0 Å². The standard InChI is InChI=1S/C69H90N2O26/c1-41(2)54(72)86-29-66(30-87-55(73)42(3)4,31-88-56(74)43(5)6)25-84-27-68(35-92-60(78)47(13)14,36-93-61(79)48(15)16)39-96-64(82)70-52-23-22-51(21)53(24-52)71-65(83)97-40-69(37-94-62(80)49(17)18,38-95-63(81)50(19)20)28-85-26-67(32-89-57(75)44(7)8,33-90-58(76)45(9)10)34-91-59(77)46(11)12/h22-24H,1,3,5,7,9,11,13,15,17,19,25-40H2,2,4,6,8,10,12,14,16,18,20-21H3,(H,70,82)(H,71,83). The van der Waals surface area contributed by atoms with Gasteiger partial charge in [0.25, 0.3) is 0 Å². The Hall–Kier alpha value is -10.2. The number of benzene rings is 1. The molecule has 0 heterocycles. The Morgan fingerprint density at radius 3 is 0.639 bits per heavy atom. The van der Waals surface area contributed by atoms with Crippen molar-refractivity contribution in [3.05, 3.63) is 145 Å². The quantitative estimate of drug-likeness (QED) is 0.0352. The number of esters is 10. The number of carbonyl (C=O) groups is 12. The number of nitrogens with one attached hydrogen (secondary N) is 2. The number of hydrogen-bond acceptors (Lipinski definition) is 26. The van der Waals surface area contributed by atoms with E-state index in [0.29, 0.717) is 5.56 Å². The molecule has 0 aromatic heterocycles. The molecule has 532 valence electrons. The third kappa shape index (κ3) is 31.3. The van der Waals surface area contributed by atoms with Crippen LogP contribution in [-0.4, -0.2) is 178 Å². The Balaban J connectivity index is 3.92. The van der Waals surface area contributed by atoms with Crippen LogP contribution in [0.4, 0.5) is 21.0 Å². The van der Waals surface area contributed by atoms with Gasteiger partial charge in [0.15, 0.2) is 0 Å². The van der Waals surface area contributed by atoms with E-state index in [0.717, 1.165) is 0 Å². The topological polar surface area (TPSA) is 358 Å². The lowest BCUT2D eigenvalue weighted by Gasteiger charge is -2.35. The minimum atomic E-state index is -1.83. The van der Waals surface area contributed by atoms with Crippen LogP contribution < -0.4 is 10.6 Å². The fourth-order valence-electron chi connectivity index (χ4n) is 6.96. The number of amides is 2. The second-order valence-corrected chi connectivity index (χ2v) is 24.0. The summed E-state index contributed by atoms with van der Waals surface area (Å²) in [6, 6.07) is 4.19. The van der Waals surface area contributed by atoms with E-state index in [-0.39, 0.29) is 67.1 Å². The van der Waals surface area contributed by atoms with Gasteiger partial charge in [0.1, 0.15) is 79.3 Å². The molecule has 1 aromatic rings. The predicted molar refractivity (Wildman–Crippen MR) is 350 cm³/mol. The summed E-state index contributed by atoms with van der Waals surface area (Å²) in [7, 11) is 0. The van der Waals surface area contributed by atoms with E-state index in [4.69, 9.17) is 66.3 Å². The Morgan fingerprint density at radius 1 is 0.278 bits per heavy atom. The van der Waals surface area contributed by atoms with Gasteiger partial charge in [-0.3, -0.25) is 10.6 Å². The molecule has 0 saturated heterocycles. The van der Waals surface area contributed by atoms with Gasteiger partial charge in [0.2, 0.25) is 0 Å². The molecule has 0 fully saturated rings. The lowest BCUT2D eigenvalue weighted by Crippen LogP contribution is -2.47. The lowest BCUT2D eigenvalue weighted by molar-refractivity contribution is -0.171. The zero-order valence-corrected chi connectivity index (χ0v) is 57.2. The highest BCUT2D eigenvalue weighted by atomic mass is 16.6. The minimum Gasteiger partial charge on any atom is -0.461 e. The van der Waals surface area contributed by atoms with Crippen LogP contribution in [0.1, 0.15) is 74.8 Å². The Bertz CT molecular complexity index is 3060. The van der Waals surface area contributed by atoms with Crippen molar-refractivity contribution >= 4 is 83.3 Å². The first kappa shape index (κ1) is 84.8. The van der Waals surface area contributed by atoms with Crippen molar-refractivity contribution in [1.82, 2.24) is 0 Å². The van der Waals surface area contributed by atoms with Crippen LogP contribution in [0.5, 0.6) is 0 Å². The van der Waals surface area contributed by atoms with Crippen LogP contribution in [-0.2, 0) is 114 Å². The average Bonchev–Trinajstić information content (AvgIpc) is 0.865. The summed E-state index contributed by atoms with van der Waals surface area (Å²) in [6.07, 6.45) is -2.36. The molecule has 0 saturated carbocycles. The largest absolute Gasteiger partial charge is 0.461 e. The molecule has 28 nitrogen and oxygen atoms in total. The number of rotatable bonds is 44. The van der Waals surface area contributed by atoms with Crippen LogP contribution in [0.3, 0.4) is 0 Å². The van der Waals surface area contributed by atoms with E-state index < -0.39 is 199 Å². The number of aryl methyl sites for hydroxylation is 1. The summed E-state index contributed by atoms with van der Waals surface area (Å²) >= 11 is 0. The van der Waals surface area contributed by atoms with Crippen molar-refractivity contribution < 1.29 is 124 Å². The Kier molecular flexibility index (Phi) is 35.2. The molecular formula is C69H90N2O26. The van der Waals surface area contributed by atoms with Gasteiger partial charge in [-0.1, -0.05) is 71.9 Å². The van der Waals surface area contributed by atoms with E-state index in [1.165, 1.54) is 87.4 Å². The van der Waals surface area contributed by atoms with Gasteiger partial charge in [-0.2, -0.15) is 0 Å². The minimum absolute atomic E-state index is 0.0145. The molecule has 0 bridgehead atoms. The molecule has 0 spiro atoms. The molecule has 28 heteroatoms. The summed E-state index contributed by atoms with van der Waals surface area (Å²) in [5.41, 5.74) is -7.02. The molecule has 0 atom stereocenters. The molecule has 2 N–H and O–H groups in total. The van der Waals surface area contributed by atoms with E-state index in [1.807, 2.05) is 0 Å². The monoisotopic (exact) mass is 1360 g/mol. The number of anilines is 2. The first-order valence-corrected chi connectivity index (χ1v) is 29.4. The smallest absolute Gasteiger partial charge is 0.411 e. The van der Waals surface area contributed by atoms with Crippen LogP contribution in [0.25, 0.3) is 0 Å². The lowest BCUT2D eigenvalue weighted by atomic mass is 9.90. The normalized spacial score (nSPS) is 11.0. The summed E-state index contributed by atoms with van der Waals surface area (Å²) in [6.45, 7) is 40.5. The highest BCUT2D eigenvalue weighted by molar-refractivity contribution is 5.92. The third-order valence-electron chi connectivity index (χ3n) is 13.0. The van der Waals surface area contributed by atoms with E-state index in [1.54, 1.807) is 6.92 Å². The van der Waals surface area contributed by atoms with E-state index in [9.17, 15) is 57.5 Å². The summed E-state index contributed by atoms with van der Waals surface area (Å²) in [4.78, 5) is 156. The maximum atomic E-state index is 14.0. The maximum Gasteiger partial charge on any atom is 0.411 e. The molecule has 0 aliphatic heterocycles. The number of carbonyl (C=O) groups excluding carboxylic acids is 12. The molecule has 0 aliphatic carbocycles. The second-order valence-electron chi connectivity index (χ2n) is 24.0. The van der Waals surface area contributed by atoms with Crippen molar-refractivity contribution in [3.63, 3.8) is 0 Å². The van der Waals surface area contributed by atoms with Gasteiger partial charge in [0, 0.05) is 67.1 Å². The van der Waals surface area contributed by atoms with Gasteiger partial charge in [-0.05, 0) is 93.9 Å². The summed E-state index contributed by atoms with van der Waals surface area (Å²) in [5, 5.41) is 5.06. The molecule has 1 aromatic carbocycles. The zero-order chi connectivity index (χ0) is 74.2. The molecule has 97 heavy (non-hydrogen) atoms. The SMILES string of the molecule is C=C(C)C(=O)OCC(COCC(COC(=O)C(=C)C)(COC(=O)C(=C)C)COC(=O)C(=C)C)(COC(=O)Nc1ccc(C)c(NC(=O)OCC(COCC(COC(=O)C(=C)C)(COC(=O)C(=C)C)COC(=O)C(=C)C)(COC(=O)C(=C)C)COC(=O)C(=C)C)c1)COC(=O)C(=C)C. The highest BCUT2D eigenvalue weighted by Crippen LogP contribution is 2.31. The van der Waals surface area contributed by atoms with E-state index >= 15 is 0 Å². The Morgan fingerprint density at radius 2 is 0.454 bits per heavy atom. The molecule has 0 radical (unpaired) electrons. The number of hydrogen-bond donors (Lipinski definition) is 2. The number of ether oxygens (including phenoxy) is 14. The third-order valence-corrected chi connectivity index (χ3v) is 13.0. The van der Waals surface area contributed by atoms with Crippen molar-refractivity contribution in [2.24, 2.45) is 21.7 Å². The van der Waals surface area contributed by atoms with Crippen molar-refractivity contribution in [1.29, 1.82) is 0 Å². The van der Waals surface area contributed by atoms with Crippen LogP contribution in [0, 0.1) is 28.6 Å². The van der Waals surface area contributed by atoms with Crippen molar-refractivity contribution in [2.75, 3.05) is 116 Å². The predicted octanol–water partition coefficient (Wildman–Crippen LogP) is 8.26. The fourth-order valence-corrected chi connectivity index (χ4v) is 6.96. The van der Waals surface area contributed by atoms with Gasteiger partial charge < -0.3 is 66.3 Å². The van der Waals surface area contributed by atoms with Crippen molar-refractivity contribution in [2.45, 2.75) is 76.2 Å². The van der Waals surface area contributed by atoms with Gasteiger partial charge >= 0.3 is 71.9 Å². The molecule has 0 aliphatic rings. The molecule has 1 rings (SSSR count). The summed E-state index contributed by atoms with van der Waals surface area (Å²) < 4.78 is 78.9. The zero-order valence-electron chi connectivity index (χ0n) is 57.2. The molecule has 2 amide bonds. The maximum absolute atomic E-state index is 14.0. The average molecular weight is 1360 g/mol. The molecule has 0 unspecified atom stereocenters. The van der Waals surface area contributed by atoms with Gasteiger partial charge in [0.05, 0.1) is 48.1 Å². The second kappa shape index (κ2) is 40.2. The first-order valence-electron chi connectivity index (χ1n) is 29.4. The van der Waals surface area contributed by atoms with Crippen LogP contribution >= 0.6 is 0 Å². The van der Waals surface area contributed by atoms with Crippen LogP contribution in [0.2, 0.25) is 0 Å². The Labute approximate surface area is 564 Å². The summed E-state index contributed by atoms with van der Waals surface area (Å²) in [5.74, 6) is -8.96. The fraction of sp³-hybridized carbons (Fsp3) is 0.449. The van der Waals surface area contributed by atoms with E-state index in [2.05, 4.69) is 76.4 Å². The highest BCUT2D eigenvalue weighted by Gasteiger charge is 2.44. The first-order chi connectivity index (χ1) is 45.0. The van der Waals surface area contributed by atoms with Gasteiger partial charge in [-0.25, -0.2) is 57.5 Å². The molecular weight excluding hydrogens is 1270 g/mol. The van der Waals surface area contributed by atoms with Crippen molar-refractivity contribution in [3.8, 4) is 0 Å².